The SMILES string of the molecule is Cc1cc(N)ccc1NCCCCCO.Cl.Cl. The van der Waals surface area contributed by atoms with E-state index in [-0.39, 0.29) is 24.8 Å². The Balaban J connectivity index is 0. The van der Waals surface area contributed by atoms with Gasteiger partial charge in [0.05, 0.1) is 0 Å². The predicted molar refractivity (Wildman–Crippen MR) is 79.5 cm³/mol. The Labute approximate surface area is 116 Å². The zero-order valence-corrected chi connectivity index (χ0v) is 11.7. The first-order valence-electron chi connectivity index (χ1n) is 5.45. The molecule has 0 aliphatic heterocycles. The molecule has 0 spiro atoms. The number of anilines is 2. The van der Waals surface area contributed by atoms with Gasteiger partial charge in [-0.05, 0) is 49.9 Å². The van der Waals surface area contributed by atoms with Crippen LogP contribution >= 0.6 is 24.8 Å². The maximum atomic E-state index is 8.62. The summed E-state index contributed by atoms with van der Waals surface area (Å²) >= 11 is 0. The molecular weight excluding hydrogens is 259 g/mol. The van der Waals surface area contributed by atoms with Gasteiger partial charge in [-0.3, -0.25) is 0 Å². The van der Waals surface area contributed by atoms with Crippen LogP contribution in [0.25, 0.3) is 0 Å². The highest BCUT2D eigenvalue weighted by atomic mass is 35.5. The molecule has 0 amide bonds. The van der Waals surface area contributed by atoms with Crippen molar-refractivity contribution in [3.8, 4) is 0 Å². The Kier molecular flexibility index (Phi) is 11.6. The Morgan fingerprint density at radius 1 is 1.18 bits per heavy atom. The van der Waals surface area contributed by atoms with Crippen molar-refractivity contribution < 1.29 is 5.11 Å². The minimum atomic E-state index is 0. The Hall–Kier alpha value is -0.640. The van der Waals surface area contributed by atoms with Gasteiger partial charge in [0, 0.05) is 24.5 Å². The van der Waals surface area contributed by atoms with Crippen molar-refractivity contribution in [1.82, 2.24) is 0 Å². The highest BCUT2D eigenvalue weighted by molar-refractivity contribution is 5.85. The molecule has 1 aromatic carbocycles. The van der Waals surface area contributed by atoms with Crippen LogP contribution in [-0.4, -0.2) is 18.3 Å². The summed E-state index contributed by atoms with van der Waals surface area (Å²) in [6.07, 6.45) is 3.05. The van der Waals surface area contributed by atoms with Crippen LogP contribution in [0.5, 0.6) is 0 Å². The topological polar surface area (TPSA) is 58.3 Å². The molecule has 0 heterocycles. The van der Waals surface area contributed by atoms with E-state index < -0.39 is 0 Å². The maximum absolute atomic E-state index is 8.62. The Morgan fingerprint density at radius 3 is 2.47 bits per heavy atom. The van der Waals surface area contributed by atoms with Crippen LogP contribution in [-0.2, 0) is 0 Å². The number of nitrogens with one attached hydrogen (secondary N) is 1. The van der Waals surface area contributed by atoms with E-state index in [0.717, 1.165) is 37.2 Å². The highest BCUT2D eigenvalue weighted by Gasteiger charge is 1.97. The second kappa shape index (κ2) is 10.5. The summed E-state index contributed by atoms with van der Waals surface area (Å²) < 4.78 is 0. The summed E-state index contributed by atoms with van der Waals surface area (Å²) in [5.41, 5.74) is 8.79. The lowest BCUT2D eigenvalue weighted by Gasteiger charge is -2.09. The van der Waals surface area contributed by atoms with Crippen LogP contribution in [0.4, 0.5) is 11.4 Å². The summed E-state index contributed by atoms with van der Waals surface area (Å²) in [5.74, 6) is 0. The minimum absolute atomic E-state index is 0. The van der Waals surface area contributed by atoms with Crippen LogP contribution < -0.4 is 11.1 Å². The van der Waals surface area contributed by atoms with Gasteiger partial charge in [-0.2, -0.15) is 0 Å². The molecule has 0 aliphatic rings. The number of nitrogens with two attached hydrogens (primary N) is 1. The van der Waals surface area contributed by atoms with Gasteiger partial charge in [0.1, 0.15) is 0 Å². The number of rotatable bonds is 6. The average Bonchev–Trinajstić information content (AvgIpc) is 2.20. The molecule has 0 aliphatic carbocycles. The van der Waals surface area contributed by atoms with Gasteiger partial charge >= 0.3 is 0 Å². The summed E-state index contributed by atoms with van der Waals surface area (Å²) in [4.78, 5) is 0. The fraction of sp³-hybridized carbons (Fsp3) is 0.500. The molecule has 0 unspecified atom stereocenters. The molecule has 1 rings (SSSR count). The van der Waals surface area contributed by atoms with Crippen LogP contribution in [0.3, 0.4) is 0 Å². The number of nitrogen functional groups attached to an aromatic ring is 1. The Bertz CT molecular complexity index is 309. The lowest BCUT2D eigenvalue weighted by molar-refractivity contribution is 0.283. The third-order valence-corrected chi connectivity index (χ3v) is 2.40. The van der Waals surface area contributed by atoms with Crippen molar-refractivity contribution in [1.29, 1.82) is 0 Å². The van der Waals surface area contributed by atoms with E-state index in [1.165, 1.54) is 5.56 Å². The van der Waals surface area contributed by atoms with Gasteiger partial charge in [0.25, 0.3) is 0 Å². The molecule has 0 fully saturated rings. The first-order chi connectivity index (χ1) is 7.24. The van der Waals surface area contributed by atoms with Crippen molar-refractivity contribution in [2.75, 3.05) is 24.2 Å². The van der Waals surface area contributed by atoms with E-state index in [0.29, 0.717) is 6.61 Å². The number of benzene rings is 1. The molecule has 17 heavy (non-hydrogen) atoms. The highest BCUT2D eigenvalue weighted by Crippen LogP contribution is 2.17. The van der Waals surface area contributed by atoms with Gasteiger partial charge in [-0.15, -0.1) is 24.8 Å². The van der Waals surface area contributed by atoms with Crippen molar-refractivity contribution in [3.05, 3.63) is 23.8 Å². The molecule has 5 heteroatoms. The number of aliphatic hydroxyl groups is 1. The summed E-state index contributed by atoms with van der Waals surface area (Å²) in [6.45, 7) is 3.29. The molecule has 0 radical (unpaired) electrons. The van der Waals surface area contributed by atoms with Gasteiger partial charge < -0.3 is 16.2 Å². The third-order valence-electron chi connectivity index (χ3n) is 2.40. The molecular formula is C12H22Cl2N2O. The number of aliphatic hydroxyl groups excluding tert-OH is 1. The number of halogens is 2. The molecule has 0 bridgehead atoms. The summed E-state index contributed by atoms with van der Waals surface area (Å²) in [5, 5.41) is 12.0. The van der Waals surface area contributed by atoms with Crippen LogP contribution in [0.1, 0.15) is 24.8 Å². The minimum Gasteiger partial charge on any atom is -0.399 e. The molecule has 1 aromatic rings. The van der Waals surface area contributed by atoms with Crippen molar-refractivity contribution in [2.24, 2.45) is 0 Å². The van der Waals surface area contributed by atoms with E-state index in [1.807, 2.05) is 25.1 Å². The standard InChI is InChI=1S/C12H20N2O.2ClH/c1-10-9-11(13)5-6-12(10)14-7-3-2-4-8-15;;/h5-6,9,14-15H,2-4,7-8,13H2,1H3;2*1H. The van der Waals surface area contributed by atoms with Crippen molar-refractivity contribution in [2.45, 2.75) is 26.2 Å². The van der Waals surface area contributed by atoms with E-state index in [9.17, 15) is 0 Å². The van der Waals surface area contributed by atoms with Crippen molar-refractivity contribution >= 4 is 36.2 Å². The zero-order valence-electron chi connectivity index (χ0n) is 10.1. The smallest absolute Gasteiger partial charge is 0.0431 e. The normalized spacial score (nSPS) is 9.06. The summed E-state index contributed by atoms with van der Waals surface area (Å²) in [7, 11) is 0. The fourth-order valence-electron chi connectivity index (χ4n) is 1.52. The number of unbranched alkanes of at least 4 members (excludes halogenated alkanes) is 2. The number of hydrogen-bond acceptors (Lipinski definition) is 3. The predicted octanol–water partition coefficient (Wildman–Crippen LogP) is 3.00. The van der Waals surface area contributed by atoms with Crippen LogP contribution in [0, 0.1) is 6.92 Å². The lowest BCUT2D eigenvalue weighted by atomic mass is 10.1. The molecule has 0 aromatic heterocycles. The Morgan fingerprint density at radius 2 is 1.88 bits per heavy atom. The van der Waals surface area contributed by atoms with Crippen LogP contribution in [0.2, 0.25) is 0 Å². The second-order valence-corrected chi connectivity index (χ2v) is 3.79. The van der Waals surface area contributed by atoms with E-state index >= 15 is 0 Å². The third kappa shape index (κ3) is 7.31. The molecule has 0 saturated carbocycles. The molecule has 4 N–H and O–H groups in total. The van der Waals surface area contributed by atoms with Crippen LogP contribution in [0.15, 0.2) is 18.2 Å². The second-order valence-electron chi connectivity index (χ2n) is 3.79. The number of aryl methyl sites for hydroxylation is 1. The summed E-state index contributed by atoms with van der Waals surface area (Å²) in [6, 6.07) is 5.88. The molecule has 100 valence electrons. The molecule has 0 saturated heterocycles. The quantitative estimate of drug-likeness (QED) is 0.555. The first-order valence-corrected chi connectivity index (χ1v) is 5.45. The van der Waals surface area contributed by atoms with Crippen molar-refractivity contribution in [3.63, 3.8) is 0 Å². The monoisotopic (exact) mass is 280 g/mol. The fourth-order valence-corrected chi connectivity index (χ4v) is 1.52. The van der Waals surface area contributed by atoms with E-state index in [1.54, 1.807) is 0 Å². The lowest BCUT2D eigenvalue weighted by Crippen LogP contribution is -2.03. The van der Waals surface area contributed by atoms with Gasteiger partial charge in [0.15, 0.2) is 0 Å². The van der Waals surface area contributed by atoms with Gasteiger partial charge in [-0.1, -0.05) is 0 Å². The van der Waals surface area contributed by atoms with Gasteiger partial charge in [0.2, 0.25) is 0 Å². The van der Waals surface area contributed by atoms with Gasteiger partial charge in [-0.25, -0.2) is 0 Å². The van der Waals surface area contributed by atoms with E-state index in [2.05, 4.69) is 5.32 Å². The average molecular weight is 281 g/mol. The zero-order chi connectivity index (χ0) is 11.1. The number of hydrogen-bond donors (Lipinski definition) is 3. The van der Waals surface area contributed by atoms with E-state index in [4.69, 9.17) is 10.8 Å². The maximum Gasteiger partial charge on any atom is 0.0431 e. The molecule has 3 nitrogen and oxygen atoms in total. The first kappa shape index (κ1) is 18.7. The molecule has 0 atom stereocenters. The largest absolute Gasteiger partial charge is 0.399 e.